The highest BCUT2D eigenvalue weighted by atomic mass is 16.4. The molecule has 4 rings (SSSR count). The van der Waals surface area contributed by atoms with Gasteiger partial charge in [-0.2, -0.15) is 0 Å². The van der Waals surface area contributed by atoms with E-state index in [1.54, 1.807) is 24.5 Å². The number of aromatic carboxylic acids is 1. The standard InChI is InChI=1S/C19H14N4O2/c1-11-3-2-4-12(7-11)17-20-9-14(10-21-17)18-22-15-6-5-13(19(24)25)8-16(15)23-18/h2-10H,1H3,(H,22,23)(H,24,25). The van der Waals surface area contributed by atoms with Crippen LogP contribution in [0.4, 0.5) is 0 Å². The van der Waals surface area contributed by atoms with E-state index in [2.05, 4.69) is 19.9 Å². The first-order valence-electron chi connectivity index (χ1n) is 7.73. The minimum Gasteiger partial charge on any atom is -0.478 e. The number of carbonyl (C=O) groups is 1. The fraction of sp³-hybridized carbons (Fsp3) is 0.0526. The first kappa shape index (κ1) is 15.0. The molecule has 6 heteroatoms. The van der Waals surface area contributed by atoms with E-state index in [-0.39, 0.29) is 5.56 Å². The Balaban J connectivity index is 1.70. The Hall–Kier alpha value is -3.54. The Labute approximate surface area is 143 Å². The highest BCUT2D eigenvalue weighted by Gasteiger charge is 2.10. The van der Waals surface area contributed by atoms with Gasteiger partial charge in [-0.1, -0.05) is 23.8 Å². The monoisotopic (exact) mass is 330 g/mol. The maximum absolute atomic E-state index is 11.1. The normalized spacial score (nSPS) is 10.9. The lowest BCUT2D eigenvalue weighted by molar-refractivity contribution is 0.0697. The molecule has 25 heavy (non-hydrogen) atoms. The number of aromatic amines is 1. The molecule has 0 amide bonds. The summed E-state index contributed by atoms with van der Waals surface area (Å²) in [4.78, 5) is 27.5. The maximum Gasteiger partial charge on any atom is 0.335 e. The van der Waals surface area contributed by atoms with Gasteiger partial charge in [0, 0.05) is 18.0 Å². The molecular weight excluding hydrogens is 316 g/mol. The summed E-state index contributed by atoms with van der Waals surface area (Å²) in [6, 6.07) is 12.8. The van der Waals surface area contributed by atoms with E-state index in [1.807, 2.05) is 31.2 Å². The van der Waals surface area contributed by atoms with Crippen LogP contribution in [0.3, 0.4) is 0 Å². The average Bonchev–Trinajstić information content (AvgIpc) is 3.05. The second kappa shape index (κ2) is 5.83. The third-order valence-electron chi connectivity index (χ3n) is 3.93. The number of fused-ring (bicyclic) bond motifs is 1. The third-order valence-corrected chi connectivity index (χ3v) is 3.93. The van der Waals surface area contributed by atoms with Crippen molar-refractivity contribution in [3.05, 3.63) is 66.0 Å². The zero-order valence-electron chi connectivity index (χ0n) is 13.4. The van der Waals surface area contributed by atoms with E-state index in [1.165, 1.54) is 6.07 Å². The lowest BCUT2D eigenvalue weighted by Gasteiger charge is -2.02. The molecule has 0 bridgehead atoms. The van der Waals surface area contributed by atoms with Gasteiger partial charge in [-0.25, -0.2) is 19.7 Å². The molecule has 6 nitrogen and oxygen atoms in total. The molecule has 0 atom stereocenters. The molecule has 122 valence electrons. The predicted octanol–water partition coefficient (Wildman–Crippen LogP) is 3.69. The molecule has 2 aromatic carbocycles. The van der Waals surface area contributed by atoms with Crippen molar-refractivity contribution in [2.45, 2.75) is 6.92 Å². The molecule has 2 aromatic heterocycles. The number of nitrogens with one attached hydrogen (secondary N) is 1. The van der Waals surface area contributed by atoms with Crippen LogP contribution in [0.1, 0.15) is 15.9 Å². The Kier molecular flexibility index (Phi) is 3.50. The van der Waals surface area contributed by atoms with E-state index in [4.69, 9.17) is 5.11 Å². The van der Waals surface area contributed by atoms with Crippen LogP contribution in [0, 0.1) is 6.92 Å². The summed E-state index contributed by atoms with van der Waals surface area (Å²) in [5.41, 5.74) is 4.43. The molecule has 0 aliphatic rings. The highest BCUT2D eigenvalue weighted by Crippen LogP contribution is 2.22. The van der Waals surface area contributed by atoms with E-state index in [0.29, 0.717) is 22.7 Å². The number of hydrogen-bond donors (Lipinski definition) is 2. The minimum atomic E-state index is -0.969. The zero-order valence-corrected chi connectivity index (χ0v) is 13.4. The van der Waals surface area contributed by atoms with Crippen molar-refractivity contribution in [3.8, 4) is 22.8 Å². The Bertz CT molecular complexity index is 1080. The molecule has 0 radical (unpaired) electrons. The van der Waals surface area contributed by atoms with Crippen LogP contribution < -0.4 is 0 Å². The lowest BCUT2D eigenvalue weighted by Crippen LogP contribution is -1.94. The molecule has 0 aliphatic carbocycles. The van der Waals surface area contributed by atoms with Crippen LogP contribution >= 0.6 is 0 Å². The summed E-state index contributed by atoms with van der Waals surface area (Å²) in [6.07, 6.45) is 3.42. The summed E-state index contributed by atoms with van der Waals surface area (Å²) in [5.74, 6) is 0.286. The van der Waals surface area contributed by atoms with Gasteiger partial charge in [0.2, 0.25) is 0 Å². The topological polar surface area (TPSA) is 91.8 Å². The fourth-order valence-electron chi connectivity index (χ4n) is 2.66. The summed E-state index contributed by atoms with van der Waals surface area (Å²) in [5, 5.41) is 9.07. The quantitative estimate of drug-likeness (QED) is 0.597. The van der Waals surface area contributed by atoms with Gasteiger partial charge in [-0.05, 0) is 31.2 Å². The average molecular weight is 330 g/mol. The van der Waals surface area contributed by atoms with Crippen molar-refractivity contribution in [1.29, 1.82) is 0 Å². The van der Waals surface area contributed by atoms with Crippen molar-refractivity contribution < 1.29 is 9.90 Å². The first-order chi connectivity index (χ1) is 12.1. The number of imidazole rings is 1. The van der Waals surface area contributed by atoms with Crippen molar-refractivity contribution in [1.82, 2.24) is 19.9 Å². The maximum atomic E-state index is 11.1. The van der Waals surface area contributed by atoms with Crippen LogP contribution in [-0.4, -0.2) is 31.0 Å². The van der Waals surface area contributed by atoms with Crippen LogP contribution in [0.25, 0.3) is 33.8 Å². The van der Waals surface area contributed by atoms with Crippen molar-refractivity contribution in [3.63, 3.8) is 0 Å². The number of rotatable bonds is 3. The van der Waals surface area contributed by atoms with Gasteiger partial charge >= 0.3 is 5.97 Å². The molecular formula is C19H14N4O2. The number of nitrogens with zero attached hydrogens (tertiary/aromatic N) is 3. The second-order valence-corrected chi connectivity index (χ2v) is 5.79. The molecule has 0 aliphatic heterocycles. The van der Waals surface area contributed by atoms with E-state index >= 15 is 0 Å². The first-order valence-corrected chi connectivity index (χ1v) is 7.73. The Morgan fingerprint density at radius 1 is 1.04 bits per heavy atom. The second-order valence-electron chi connectivity index (χ2n) is 5.79. The predicted molar refractivity (Wildman–Crippen MR) is 94.3 cm³/mol. The molecule has 2 heterocycles. The molecule has 2 N–H and O–H groups in total. The summed E-state index contributed by atoms with van der Waals surface area (Å²) >= 11 is 0. The summed E-state index contributed by atoms with van der Waals surface area (Å²) in [6.45, 7) is 2.03. The Morgan fingerprint density at radius 2 is 1.84 bits per heavy atom. The summed E-state index contributed by atoms with van der Waals surface area (Å²) < 4.78 is 0. The zero-order chi connectivity index (χ0) is 17.4. The van der Waals surface area contributed by atoms with E-state index < -0.39 is 5.97 Å². The van der Waals surface area contributed by atoms with Crippen molar-refractivity contribution in [2.75, 3.05) is 0 Å². The fourth-order valence-corrected chi connectivity index (χ4v) is 2.66. The number of aryl methyl sites for hydroxylation is 1. The van der Waals surface area contributed by atoms with Crippen LogP contribution in [0.15, 0.2) is 54.9 Å². The van der Waals surface area contributed by atoms with Crippen molar-refractivity contribution >= 4 is 17.0 Å². The van der Waals surface area contributed by atoms with Gasteiger partial charge in [-0.3, -0.25) is 0 Å². The Morgan fingerprint density at radius 3 is 2.56 bits per heavy atom. The summed E-state index contributed by atoms with van der Waals surface area (Å²) in [7, 11) is 0. The number of H-pyrrole nitrogens is 1. The number of aromatic nitrogens is 4. The lowest BCUT2D eigenvalue weighted by atomic mass is 10.1. The van der Waals surface area contributed by atoms with Crippen LogP contribution in [0.5, 0.6) is 0 Å². The smallest absolute Gasteiger partial charge is 0.335 e. The SMILES string of the molecule is Cc1cccc(-c2ncc(-c3nc4ccc(C(=O)O)cc4[nH]3)cn2)c1. The molecule has 4 aromatic rings. The molecule has 0 fully saturated rings. The molecule has 0 saturated heterocycles. The highest BCUT2D eigenvalue weighted by molar-refractivity contribution is 5.92. The van der Waals surface area contributed by atoms with Crippen LogP contribution in [-0.2, 0) is 0 Å². The van der Waals surface area contributed by atoms with Crippen LogP contribution in [0.2, 0.25) is 0 Å². The molecule has 0 saturated carbocycles. The third kappa shape index (κ3) is 2.85. The minimum absolute atomic E-state index is 0.216. The number of benzene rings is 2. The van der Waals surface area contributed by atoms with Gasteiger partial charge in [-0.15, -0.1) is 0 Å². The van der Waals surface area contributed by atoms with Gasteiger partial charge in [0.05, 0.1) is 22.2 Å². The van der Waals surface area contributed by atoms with Gasteiger partial charge in [0.15, 0.2) is 5.82 Å². The van der Waals surface area contributed by atoms with E-state index in [9.17, 15) is 4.79 Å². The van der Waals surface area contributed by atoms with Crippen molar-refractivity contribution in [2.24, 2.45) is 0 Å². The molecule has 0 spiro atoms. The number of carboxylic acid groups (broad SMARTS) is 1. The molecule has 0 unspecified atom stereocenters. The van der Waals surface area contributed by atoms with E-state index in [0.717, 1.165) is 16.7 Å². The van der Waals surface area contributed by atoms with Gasteiger partial charge < -0.3 is 10.1 Å². The number of hydrogen-bond acceptors (Lipinski definition) is 4. The largest absolute Gasteiger partial charge is 0.478 e. The van der Waals surface area contributed by atoms with Gasteiger partial charge in [0.25, 0.3) is 0 Å². The van der Waals surface area contributed by atoms with Gasteiger partial charge in [0.1, 0.15) is 5.82 Å². The number of carboxylic acids is 1.